The second kappa shape index (κ2) is 7.92. The Kier molecular flexibility index (Phi) is 5.88. The molecule has 1 saturated heterocycles. The molecule has 2 aromatic rings. The number of anilines is 1. The number of hydrogen-bond donors (Lipinski definition) is 0. The van der Waals surface area contributed by atoms with E-state index in [-0.39, 0.29) is 16.2 Å². The number of carbonyl (C=O) groups is 1. The fourth-order valence-corrected chi connectivity index (χ4v) is 4.87. The number of hydrogen-bond acceptors (Lipinski definition) is 3. The van der Waals surface area contributed by atoms with E-state index in [1.807, 2.05) is 19.1 Å². The Morgan fingerprint density at radius 1 is 1.07 bits per heavy atom. The first-order chi connectivity index (χ1) is 13.5. The van der Waals surface area contributed by atoms with Gasteiger partial charge in [0.2, 0.25) is 15.9 Å². The summed E-state index contributed by atoms with van der Waals surface area (Å²) in [6.45, 7) is 9.31. The molecule has 1 fully saturated rings. The highest BCUT2D eigenvalue weighted by molar-refractivity contribution is 7.89. The number of carbonyl (C=O) groups excluding carboxylic acids is 1. The molecule has 1 heterocycles. The molecule has 156 valence electrons. The lowest BCUT2D eigenvalue weighted by Crippen LogP contribution is -2.27. The first-order valence-corrected chi connectivity index (χ1v) is 11.4. The van der Waals surface area contributed by atoms with Crippen LogP contribution in [0.5, 0.6) is 0 Å². The van der Waals surface area contributed by atoms with Gasteiger partial charge in [-0.2, -0.15) is 4.31 Å². The van der Waals surface area contributed by atoms with Gasteiger partial charge in [-0.05, 0) is 53.6 Å². The summed E-state index contributed by atoms with van der Waals surface area (Å²) < 4.78 is 27.5. The van der Waals surface area contributed by atoms with E-state index in [1.54, 1.807) is 30.1 Å². The molecule has 0 unspecified atom stereocenters. The fourth-order valence-electron chi connectivity index (χ4n) is 3.63. The summed E-state index contributed by atoms with van der Waals surface area (Å²) in [5.41, 5.74) is 3.82. The van der Waals surface area contributed by atoms with Gasteiger partial charge in [0.1, 0.15) is 0 Å². The van der Waals surface area contributed by atoms with Crippen LogP contribution in [-0.4, -0.2) is 32.2 Å². The molecule has 1 amide bonds. The number of nitrogens with zero attached hydrogens (tertiary/aromatic N) is 2. The van der Waals surface area contributed by atoms with Gasteiger partial charge in [0.05, 0.1) is 4.90 Å². The third-order valence-electron chi connectivity index (χ3n) is 5.47. The Balaban J connectivity index is 1.79. The minimum atomic E-state index is -3.62. The first kappa shape index (κ1) is 21.5. The van der Waals surface area contributed by atoms with Crippen molar-refractivity contribution in [1.82, 2.24) is 4.31 Å². The molecule has 0 atom stereocenters. The molecule has 29 heavy (non-hydrogen) atoms. The van der Waals surface area contributed by atoms with E-state index < -0.39 is 10.0 Å². The van der Waals surface area contributed by atoms with Crippen LogP contribution in [0, 0.1) is 6.92 Å². The largest absolute Gasteiger partial charge is 0.312 e. The summed E-state index contributed by atoms with van der Waals surface area (Å²) >= 11 is 0. The van der Waals surface area contributed by atoms with Crippen molar-refractivity contribution >= 4 is 21.6 Å². The van der Waals surface area contributed by atoms with Crippen LogP contribution in [0.1, 0.15) is 50.3 Å². The number of rotatable bonds is 5. The third kappa shape index (κ3) is 4.54. The van der Waals surface area contributed by atoms with E-state index >= 15 is 0 Å². The number of benzene rings is 2. The smallest absolute Gasteiger partial charge is 0.243 e. The Labute approximate surface area is 174 Å². The van der Waals surface area contributed by atoms with Gasteiger partial charge in [-0.25, -0.2) is 8.42 Å². The molecule has 5 nitrogen and oxygen atoms in total. The second-order valence-corrected chi connectivity index (χ2v) is 10.9. The molecule has 2 aromatic carbocycles. The minimum absolute atomic E-state index is 0.0620. The second-order valence-electron chi connectivity index (χ2n) is 8.81. The van der Waals surface area contributed by atoms with E-state index in [2.05, 4.69) is 32.9 Å². The Morgan fingerprint density at radius 3 is 2.24 bits per heavy atom. The van der Waals surface area contributed by atoms with Crippen LogP contribution in [0.15, 0.2) is 47.4 Å². The lowest BCUT2D eigenvalue weighted by atomic mass is 9.87. The minimum Gasteiger partial charge on any atom is -0.312 e. The highest BCUT2D eigenvalue weighted by Gasteiger charge is 2.26. The normalized spacial score (nSPS) is 15.4. The van der Waals surface area contributed by atoms with E-state index in [0.717, 1.165) is 23.2 Å². The maximum atomic E-state index is 13.1. The summed E-state index contributed by atoms with van der Waals surface area (Å²) in [6.07, 6.45) is 1.39. The molecule has 0 saturated carbocycles. The molecule has 0 bridgehead atoms. The summed E-state index contributed by atoms with van der Waals surface area (Å²) in [7, 11) is -2.02. The van der Waals surface area contributed by atoms with E-state index in [0.29, 0.717) is 19.5 Å². The van der Waals surface area contributed by atoms with Crippen molar-refractivity contribution in [3.8, 4) is 0 Å². The van der Waals surface area contributed by atoms with Crippen molar-refractivity contribution in [3.05, 3.63) is 59.2 Å². The predicted octanol–water partition coefficient (Wildman–Crippen LogP) is 4.24. The van der Waals surface area contributed by atoms with Crippen molar-refractivity contribution in [2.45, 2.75) is 57.4 Å². The van der Waals surface area contributed by atoms with Crippen molar-refractivity contribution in [2.24, 2.45) is 0 Å². The summed E-state index contributed by atoms with van der Waals surface area (Å²) in [4.78, 5) is 14.0. The molecule has 0 radical (unpaired) electrons. The molecular formula is C23H30N2O3S. The lowest BCUT2D eigenvalue weighted by Gasteiger charge is -2.22. The van der Waals surface area contributed by atoms with Gasteiger partial charge in [0.15, 0.2) is 0 Å². The van der Waals surface area contributed by atoms with Crippen LogP contribution in [0.25, 0.3) is 0 Å². The van der Waals surface area contributed by atoms with Crippen molar-refractivity contribution in [2.75, 3.05) is 18.5 Å². The average Bonchev–Trinajstić information content (AvgIpc) is 3.07. The van der Waals surface area contributed by atoms with Crippen molar-refractivity contribution in [3.63, 3.8) is 0 Å². The van der Waals surface area contributed by atoms with Crippen LogP contribution in [-0.2, 0) is 26.8 Å². The zero-order valence-electron chi connectivity index (χ0n) is 17.9. The molecule has 0 aromatic heterocycles. The predicted molar refractivity (Wildman–Crippen MR) is 117 cm³/mol. The molecule has 0 spiro atoms. The van der Waals surface area contributed by atoms with Gasteiger partial charge in [-0.3, -0.25) is 4.79 Å². The van der Waals surface area contributed by atoms with Crippen LogP contribution >= 0.6 is 0 Å². The zero-order valence-corrected chi connectivity index (χ0v) is 18.7. The molecule has 3 rings (SSSR count). The monoisotopic (exact) mass is 414 g/mol. The molecule has 0 N–H and O–H groups in total. The van der Waals surface area contributed by atoms with Gasteiger partial charge in [0.25, 0.3) is 0 Å². The standard InChI is InChI=1S/C23H30N2O3S/c1-17-15-20(12-13-21(17)25-14-6-7-22(25)26)29(27,28)24(5)16-18-8-10-19(11-9-18)23(2,3)4/h8-13,15H,6-7,14,16H2,1-5H3. The highest BCUT2D eigenvalue weighted by Crippen LogP contribution is 2.29. The van der Waals surface area contributed by atoms with E-state index in [9.17, 15) is 13.2 Å². The average molecular weight is 415 g/mol. The third-order valence-corrected chi connectivity index (χ3v) is 7.27. The molecule has 1 aliphatic heterocycles. The zero-order chi connectivity index (χ0) is 21.4. The van der Waals surface area contributed by atoms with Gasteiger partial charge < -0.3 is 4.90 Å². The van der Waals surface area contributed by atoms with Gasteiger partial charge in [-0.1, -0.05) is 45.0 Å². The Hall–Kier alpha value is -2.18. The van der Waals surface area contributed by atoms with Gasteiger partial charge >= 0.3 is 0 Å². The van der Waals surface area contributed by atoms with Crippen molar-refractivity contribution in [1.29, 1.82) is 0 Å². The van der Waals surface area contributed by atoms with Crippen LogP contribution in [0.3, 0.4) is 0 Å². The molecule has 6 heteroatoms. The Bertz CT molecular complexity index is 1010. The SMILES string of the molecule is Cc1cc(S(=O)(=O)N(C)Cc2ccc(C(C)(C)C)cc2)ccc1N1CCCC1=O. The van der Waals surface area contributed by atoms with Gasteiger partial charge in [-0.15, -0.1) is 0 Å². The molecule has 1 aliphatic rings. The first-order valence-electron chi connectivity index (χ1n) is 9.97. The van der Waals surface area contributed by atoms with E-state index in [1.165, 1.54) is 9.87 Å². The number of aryl methyl sites for hydroxylation is 1. The van der Waals surface area contributed by atoms with Crippen molar-refractivity contribution < 1.29 is 13.2 Å². The number of sulfonamides is 1. The number of amides is 1. The maximum Gasteiger partial charge on any atom is 0.243 e. The van der Waals surface area contributed by atoms with Gasteiger partial charge in [0, 0.05) is 32.2 Å². The Morgan fingerprint density at radius 2 is 1.72 bits per heavy atom. The molecular weight excluding hydrogens is 384 g/mol. The van der Waals surface area contributed by atoms with Crippen LogP contribution in [0.4, 0.5) is 5.69 Å². The summed E-state index contributed by atoms with van der Waals surface area (Å²) in [6, 6.07) is 13.1. The lowest BCUT2D eigenvalue weighted by molar-refractivity contribution is -0.117. The molecule has 0 aliphatic carbocycles. The topological polar surface area (TPSA) is 57.7 Å². The van der Waals surface area contributed by atoms with E-state index in [4.69, 9.17) is 0 Å². The quantitative estimate of drug-likeness (QED) is 0.735. The van der Waals surface area contributed by atoms with Crippen LogP contribution < -0.4 is 4.90 Å². The highest BCUT2D eigenvalue weighted by atomic mass is 32.2. The summed E-state index contributed by atoms with van der Waals surface area (Å²) in [5, 5.41) is 0. The fraction of sp³-hybridized carbons (Fsp3) is 0.435. The summed E-state index contributed by atoms with van der Waals surface area (Å²) in [5.74, 6) is 0.0968. The maximum absolute atomic E-state index is 13.1. The van der Waals surface area contributed by atoms with Crippen LogP contribution in [0.2, 0.25) is 0 Å².